The minimum Gasteiger partial charge on any atom is -0.383 e. The Morgan fingerprint density at radius 1 is 1.33 bits per heavy atom. The first kappa shape index (κ1) is 12.0. The van der Waals surface area contributed by atoms with E-state index in [9.17, 15) is 14.5 Å². The molecule has 1 heterocycles. The van der Waals surface area contributed by atoms with Crippen LogP contribution in [-0.2, 0) is 0 Å². The predicted octanol–water partition coefficient (Wildman–Crippen LogP) is 2.69. The summed E-state index contributed by atoms with van der Waals surface area (Å²) in [4.78, 5) is 13.8. The van der Waals surface area contributed by atoms with Crippen molar-refractivity contribution >= 4 is 11.5 Å². The van der Waals surface area contributed by atoms with Crippen molar-refractivity contribution in [2.75, 3.05) is 5.73 Å². The highest BCUT2D eigenvalue weighted by molar-refractivity contribution is 5.76. The van der Waals surface area contributed by atoms with Crippen molar-refractivity contribution in [2.45, 2.75) is 6.92 Å². The zero-order valence-electron chi connectivity index (χ0n) is 9.55. The maximum atomic E-state index is 13.8. The molecule has 0 unspecified atom stereocenters. The summed E-state index contributed by atoms with van der Waals surface area (Å²) in [7, 11) is 0. The Bertz CT molecular complexity index is 629. The number of nitrogens with zero attached hydrogens (tertiary/aromatic N) is 2. The van der Waals surface area contributed by atoms with Gasteiger partial charge in [-0.2, -0.15) is 0 Å². The minimum atomic E-state index is -0.595. The molecule has 0 radical (unpaired) electrons. The number of hydrogen-bond donors (Lipinski definition) is 1. The van der Waals surface area contributed by atoms with Gasteiger partial charge in [0.2, 0.25) is 0 Å². The van der Waals surface area contributed by atoms with Crippen LogP contribution in [-0.4, -0.2) is 9.91 Å². The molecule has 2 N–H and O–H groups in total. The van der Waals surface area contributed by atoms with Gasteiger partial charge in [0.05, 0.1) is 4.92 Å². The second kappa shape index (κ2) is 4.40. The van der Waals surface area contributed by atoms with Crippen molar-refractivity contribution in [2.24, 2.45) is 0 Å². The van der Waals surface area contributed by atoms with Gasteiger partial charge < -0.3 is 5.73 Å². The third-order valence-corrected chi connectivity index (χ3v) is 2.53. The molecule has 6 heteroatoms. The van der Waals surface area contributed by atoms with Crippen LogP contribution in [0.5, 0.6) is 0 Å². The Balaban J connectivity index is 2.62. The Kier molecular flexibility index (Phi) is 2.93. The molecule has 0 aliphatic heterocycles. The highest BCUT2D eigenvalue weighted by Crippen LogP contribution is 2.30. The number of halogens is 1. The second-order valence-corrected chi connectivity index (χ2v) is 3.87. The van der Waals surface area contributed by atoms with Gasteiger partial charge in [-0.1, -0.05) is 12.1 Å². The van der Waals surface area contributed by atoms with E-state index in [4.69, 9.17) is 5.73 Å². The van der Waals surface area contributed by atoms with E-state index in [2.05, 4.69) is 4.98 Å². The van der Waals surface area contributed by atoms with E-state index in [1.807, 2.05) is 0 Å². The number of nitrogen functional groups attached to an aromatic ring is 1. The summed E-state index contributed by atoms with van der Waals surface area (Å²) in [5.74, 6) is -0.424. The number of anilines is 1. The third kappa shape index (κ3) is 2.13. The second-order valence-electron chi connectivity index (χ2n) is 3.87. The maximum Gasteiger partial charge on any atom is 0.288 e. The van der Waals surface area contributed by atoms with E-state index < -0.39 is 10.7 Å². The van der Waals surface area contributed by atoms with E-state index >= 15 is 0 Å². The molecule has 0 fully saturated rings. The van der Waals surface area contributed by atoms with Crippen molar-refractivity contribution < 1.29 is 9.31 Å². The van der Waals surface area contributed by atoms with Crippen LogP contribution < -0.4 is 5.73 Å². The number of aromatic nitrogens is 1. The fraction of sp³-hybridized carbons (Fsp3) is 0.0833. The molecule has 1 aromatic heterocycles. The van der Waals surface area contributed by atoms with Crippen LogP contribution in [0.1, 0.15) is 5.56 Å². The summed E-state index contributed by atoms with van der Waals surface area (Å²) in [5.41, 5.74) is 6.59. The topological polar surface area (TPSA) is 82.0 Å². The Hall–Kier alpha value is -2.50. The van der Waals surface area contributed by atoms with Gasteiger partial charge >= 0.3 is 0 Å². The lowest BCUT2D eigenvalue weighted by Crippen LogP contribution is -1.98. The lowest BCUT2D eigenvalue weighted by atomic mass is 10.0. The van der Waals surface area contributed by atoms with Crippen molar-refractivity contribution in [3.63, 3.8) is 0 Å². The summed E-state index contributed by atoms with van der Waals surface area (Å²) in [6.07, 6.45) is 1.05. The van der Waals surface area contributed by atoms with Gasteiger partial charge in [-0.05, 0) is 18.6 Å². The first-order valence-electron chi connectivity index (χ1n) is 5.15. The fourth-order valence-electron chi connectivity index (χ4n) is 1.62. The van der Waals surface area contributed by atoms with Crippen LogP contribution in [0.3, 0.4) is 0 Å². The van der Waals surface area contributed by atoms with E-state index in [0.29, 0.717) is 0 Å². The Morgan fingerprint density at radius 3 is 2.67 bits per heavy atom. The maximum absolute atomic E-state index is 13.8. The monoisotopic (exact) mass is 247 g/mol. The van der Waals surface area contributed by atoms with Gasteiger partial charge in [-0.3, -0.25) is 10.1 Å². The molecule has 0 atom stereocenters. The highest BCUT2D eigenvalue weighted by Gasteiger charge is 2.14. The van der Waals surface area contributed by atoms with Gasteiger partial charge in [-0.25, -0.2) is 9.37 Å². The number of nitro groups is 1. The van der Waals surface area contributed by atoms with Crippen molar-refractivity contribution in [1.29, 1.82) is 0 Å². The molecule has 2 aromatic rings. The summed E-state index contributed by atoms with van der Waals surface area (Å²) in [5, 5.41) is 10.7. The molecule has 0 bridgehead atoms. The smallest absolute Gasteiger partial charge is 0.288 e. The molecule has 0 spiro atoms. The quantitative estimate of drug-likeness (QED) is 0.653. The molecule has 2 rings (SSSR count). The summed E-state index contributed by atoms with van der Waals surface area (Å²) in [6.45, 7) is 1.75. The molecule has 18 heavy (non-hydrogen) atoms. The first-order valence-corrected chi connectivity index (χ1v) is 5.15. The molecular formula is C12H10FN3O2. The van der Waals surface area contributed by atoms with Crippen LogP contribution in [0.15, 0.2) is 30.5 Å². The van der Waals surface area contributed by atoms with Crippen LogP contribution in [0, 0.1) is 22.9 Å². The van der Waals surface area contributed by atoms with Crippen molar-refractivity contribution in [3.8, 4) is 11.1 Å². The molecule has 0 saturated heterocycles. The number of aryl methyl sites for hydroxylation is 1. The average Bonchev–Trinajstić information content (AvgIpc) is 2.30. The predicted molar refractivity (Wildman–Crippen MR) is 65.4 cm³/mol. The summed E-state index contributed by atoms with van der Waals surface area (Å²) in [6, 6.07) is 5.79. The number of rotatable bonds is 2. The van der Waals surface area contributed by atoms with E-state index in [0.717, 1.165) is 11.8 Å². The summed E-state index contributed by atoms with van der Waals surface area (Å²) < 4.78 is 13.8. The van der Waals surface area contributed by atoms with Gasteiger partial charge in [0, 0.05) is 17.2 Å². The molecule has 5 nitrogen and oxygen atoms in total. The largest absolute Gasteiger partial charge is 0.383 e. The van der Waals surface area contributed by atoms with Gasteiger partial charge in [0.15, 0.2) is 0 Å². The van der Waals surface area contributed by atoms with Crippen LogP contribution in [0.4, 0.5) is 15.9 Å². The van der Waals surface area contributed by atoms with Gasteiger partial charge in [0.1, 0.15) is 17.8 Å². The minimum absolute atomic E-state index is 0.0587. The van der Waals surface area contributed by atoms with Crippen molar-refractivity contribution in [1.82, 2.24) is 4.98 Å². The molecule has 92 valence electrons. The zero-order valence-corrected chi connectivity index (χ0v) is 9.55. The van der Waals surface area contributed by atoms with E-state index in [1.54, 1.807) is 13.0 Å². The first-order chi connectivity index (χ1) is 8.49. The van der Waals surface area contributed by atoms with Crippen molar-refractivity contribution in [3.05, 3.63) is 52.0 Å². The molecular weight excluding hydrogens is 237 g/mol. The highest BCUT2D eigenvalue weighted by atomic mass is 19.1. The number of hydrogen-bond acceptors (Lipinski definition) is 4. The normalized spacial score (nSPS) is 10.3. The lowest BCUT2D eigenvalue weighted by molar-refractivity contribution is -0.385. The van der Waals surface area contributed by atoms with Gasteiger partial charge in [-0.15, -0.1) is 0 Å². The molecule has 0 aliphatic rings. The molecule has 1 aromatic carbocycles. The molecule has 0 aliphatic carbocycles. The Morgan fingerprint density at radius 2 is 2.06 bits per heavy atom. The average molecular weight is 247 g/mol. The number of nitrogens with two attached hydrogens (primary N) is 1. The standard InChI is InChI=1S/C12H10FN3O2/c1-7-2-3-9(11(13)4-7)10-5-8(16(17)18)6-15-12(10)14/h2-6H,1H3,(H2,14,15). The van der Waals surface area contributed by atoms with Crippen LogP contribution in [0.2, 0.25) is 0 Å². The van der Waals surface area contributed by atoms with Crippen LogP contribution in [0.25, 0.3) is 11.1 Å². The number of pyridine rings is 1. The Labute approximate surface area is 102 Å². The fourth-order valence-corrected chi connectivity index (χ4v) is 1.62. The lowest BCUT2D eigenvalue weighted by Gasteiger charge is -2.06. The van der Waals surface area contributed by atoms with E-state index in [-0.39, 0.29) is 22.6 Å². The molecule has 0 amide bonds. The SMILES string of the molecule is Cc1ccc(-c2cc([N+](=O)[O-])cnc2N)c(F)c1. The van der Waals surface area contributed by atoms with Crippen LogP contribution >= 0.6 is 0 Å². The third-order valence-electron chi connectivity index (χ3n) is 2.53. The summed E-state index contributed by atoms with van der Waals surface area (Å²) >= 11 is 0. The number of benzene rings is 1. The van der Waals surface area contributed by atoms with Gasteiger partial charge in [0.25, 0.3) is 5.69 Å². The van der Waals surface area contributed by atoms with E-state index in [1.165, 1.54) is 18.2 Å². The zero-order chi connectivity index (χ0) is 13.3. The molecule has 0 saturated carbocycles.